The van der Waals surface area contributed by atoms with Crippen molar-refractivity contribution in [1.29, 1.82) is 0 Å². The molecular weight excluding hydrogens is 448 g/mol. The van der Waals surface area contributed by atoms with Crippen LogP contribution in [0.25, 0.3) is 0 Å². The minimum atomic E-state index is -0.314. The summed E-state index contributed by atoms with van der Waals surface area (Å²) in [4.78, 5) is 13.0. The summed E-state index contributed by atoms with van der Waals surface area (Å²) in [7, 11) is 0. The van der Waals surface area contributed by atoms with Crippen LogP contribution in [0.2, 0.25) is 0 Å². The number of ether oxygens (including phenoxy) is 3. The Bertz CT molecular complexity index is 848. The molecule has 0 saturated carbocycles. The average molecular weight is 497 g/mol. The Labute approximate surface area is 219 Å². The molecule has 4 heteroatoms. The van der Waals surface area contributed by atoms with E-state index in [4.69, 9.17) is 14.2 Å². The summed E-state index contributed by atoms with van der Waals surface area (Å²) in [6, 6.07) is 0. The van der Waals surface area contributed by atoms with Gasteiger partial charge in [-0.3, -0.25) is 4.79 Å². The molecule has 0 aromatic carbocycles. The SMILES string of the molecule is C/C=C1\CC2CC(=O)OC(/C=C/C=C\C=C(/C)CC)[C@@H](C)/C=C/[C@H](C)C[C@H]3CCCC(C[C@@H](C1)O2)O3. The van der Waals surface area contributed by atoms with Crippen molar-refractivity contribution in [3.8, 4) is 0 Å². The molecule has 0 aliphatic carbocycles. The van der Waals surface area contributed by atoms with Crippen molar-refractivity contribution in [1.82, 2.24) is 0 Å². The second-order valence-electron chi connectivity index (χ2n) is 11.0. The Morgan fingerprint density at radius 3 is 2.42 bits per heavy atom. The molecule has 3 aliphatic rings. The number of hydrogen-bond acceptors (Lipinski definition) is 4. The summed E-state index contributed by atoms with van der Waals surface area (Å²) in [5.74, 6) is 0.301. The van der Waals surface area contributed by atoms with Crippen molar-refractivity contribution in [2.75, 3.05) is 0 Å². The smallest absolute Gasteiger partial charge is 0.309 e. The Morgan fingerprint density at radius 2 is 1.67 bits per heavy atom. The van der Waals surface area contributed by atoms with Crippen LogP contribution >= 0.6 is 0 Å². The van der Waals surface area contributed by atoms with Gasteiger partial charge in [-0.2, -0.15) is 0 Å². The molecule has 3 aliphatic heterocycles. The first-order valence-electron chi connectivity index (χ1n) is 14.2. The zero-order chi connectivity index (χ0) is 25.9. The number of rotatable bonds is 4. The summed E-state index contributed by atoms with van der Waals surface area (Å²) in [6.07, 6.45) is 25.5. The van der Waals surface area contributed by atoms with E-state index in [0.29, 0.717) is 12.0 Å². The number of hydrogen-bond donors (Lipinski definition) is 0. The highest BCUT2D eigenvalue weighted by molar-refractivity contribution is 5.70. The van der Waals surface area contributed by atoms with Crippen molar-refractivity contribution in [2.45, 2.75) is 123 Å². The normalized spacial score (nSPS) is 37.4. The monoisotopic (exact) mass is 496 g/mol. The third-order valence-electron chi connectivity index (χ3n) is 7.76. The van der Waals surface area contributed by atoms with E-state index in [1.807, 2.05) is 24.3 Å². The van der Waals surface area contributed by atoms with Gasteiger partial charge < -0.3 is 14.2 Å². The maximum Gasteiger partial charge on any atom is 0.309 e. The van der Waals surface area contributed by atoms with Gasteiger partial charge in [-0.25, -0.2) is 0 Å². The zero-order valence-corrected chi connectivity index (χ0v) is 23.2. The molecule has 3 heterocycles. The Balaban J connectivity index is 1.79. The van der Waals surface area contributed by atoms with Gasteiger partial charge in [0.15, 0.2) is 0 Å². The third kappa shape index (κ3) is 9.52. The largest absolute Gasteiger partial charge is 0.457 e. The molecule has 4 nitrogen and oxygen atoms in total. The minimum Gasteiger partial charge on any atom is -0.457 e. The van der Waals surface area contributed by atoms with Crippen molar-refractivity contribution >= 4 is 5.97 Å². The van der Waals surface area contributed by atoms with E-state index in [9.17, 15) is 4.79 Å². The molecule has 3 unspecified atom stereocenters. The lowest BCUT2D eigenvalue weighted by Gasteiger charge is -2.37. The second kappa shape index (κ2) is 14.7. The maximum atomic E-state index is 13.0. The number of carbonyl (C=O) groups excluding carboxylic acids is 1. The van der Waals surface area contributed by atoms with Crippen molar-refractivity contribution in [3.05, 3.63) is 59.8 Å². The lowest BCUT2D eigenvalue weighted by atomic mass is 9.90. The second-order valence-corrected chi connectivity index (χ2v) is 11.0. The Hall–Kier alpha value is -1.91. The predicted molar refractivity (Wildman–Crippen MR) is 148 cm³/mol. The van der Waals surface area contributed by atoms with Gasteiger partial charge >= 0.3 is 5.97 Å². The van der Waals surface area contributed by atoms with Gasteiger partial charge in [-0.15, -0.1) is 0 Å². The summed E-state index contributed by atoms with van der Waals surface area (Å²) in [5, 5.41) is 0. The van der Waals surface area contributed by atoms with Gasteiger partial charge in [0.2, 0.25) is 0 Å². The quantitative estimate of drug-likeness (QED) is 0.226. The Kier molecular flexibility index (Phi) is 11.7. The van der Waals surface area contributed by atoms with E-state index in [0.717, 1.165) is 44.9 Å². The van der Waals surface area contributed by atoms with Gasteiger partial charge in [-0.05, 0) is 70.8 Å². The van der Waals surface area contributed by atoms with Crippen molar-refractivity contribution in [3.63, 3.8) is 0 Å². The van der Waals surface area contributed by atoms with Crippen LogP contribution < -0.4 is 0 Å². The molecule has 2 fully saturated rings. The van der Waals surface area contributed by atoms with Gasteiger partial charge in [0, 0.05) is 12.3 Å². The fourth-order valence-corrected chi connectivity index (χ4v) is 5.40. The zero-order valence-electron chi connectivity index (χ0n) is 23.2. The highest BCUT2D eigenvalue weighted by Crippen LogP contribution is 2.33. The number of esters is 1. The van der Waals surface area contributed by atoms with Crippen LogP contribution in [0.3, 0.4) is 0 Å². The van der Waals surface area contributed by atoms with E-state index in [1.165, 1.54) is 17.6 Å². The number of fused-ring (bicyclic) bond motifs is 4. The maximum absolute atomic E-state index is 13.0. The van der Waals surface area contributed by atoms with Crippen LogP contribution in [0.5, 0.6) is 0 Å². The molecule has 0 radical (unpaired) electrons. The van der Waals surface area contributed by atoms with E-state index >= 15 is 0 Å². The third-order valence-corrected chi connectivity index (χ3v) is 7.76. The summed E-state index contributed by atoms with van der Waals surface area (Å²) in [5.41, 5.74) is 2.71. The molecule has 0 spiro atoms. The Morgan fingerprint density at radius 1 is 0.944 bits per heavy atom. The molecule has 2 saturated heterocycles. The lowest BCUT2D eigenvalue weighted by Crippen LogP contribution is -2.37. The van der Waals surface area contributed by atoms with Crippen LogP contribution in [0.15, 0.2) is 59.8 Å². The molecular formula is C32H48O4. The fraction of sp³-hybridized carbons (Fsp3) is 0.656. The summed E-state index contributed by atoms with van der Waals surface area (Å²) < 4.78 is 19.0. The van der Waals surface area contributed by atoms with Crippen LogP contribution in [-0.4, -0.2) is 36.5 Å². The van der Waals surface area contributed by atoms with E-state index in [-0.39, 0.29) is 42.7 Å². The van der Waals surface area contributed by atoms with E-state index in [2.05, 4.69) is 58.9 Å². The minimum absolute atomic E-state index is 0.0769. The number of allylic oxidation sites excluding steroid dienone is 7. The molecule has 0 aromatic rings. The van der Waals surface area contributed by atoms with Crippen molar-refractivity contribution in [2.24, 2.45) is 11.8 Å². The van der Waals surface area contributed by atoms with Gasteiger partial charge in [0.1, 0.15) is 6.10 Å². The topological polar surface area (TPSA) is 44.8 Å². The highest BCUT2D eigenvalue weighted by Gasteiger charge is 2.32. The van der Waals surface area contributed by atoms with Crippen LogP contribution in [0.1, 0.15) is 92.4 Å². The van der Waals surface area contributed by atoms with Crippen LogP contribution in [-0.2, 0) is 19.0 Å². The number of carbonyl (C=O) groups is 1. The number of cyclic esters (lactones) is 1. The van der Waals surface area contributed by atoms with E-state index in [1.54, 1.807) is 0 Å². The van der Waals surface area contributed by atoms with E-state index < -0.39 is 0 Å². The summed E-state index contributed by atoms with van der Waals surface area (Å²) in [6.45, 7) is 10.7. The van der Waals surface area contributed by atoms with Gasteiger partial charge in [0.25, 0.3) is 0 Å². The first-order valence-corrected chi connectivity index (χ1v) is 14.2. The van der Waals surface area contributed by atoms with Crippen LogP contribution in [0, 0.1) is 11.8 Å². The molecule has 7 atom stereocenters. The molecule has 0 amide bonds. The van der Waals surface area contributed by atoms with Gasteiger partial charge in [-0.1, -0.05) is 74.4 Å². The average Bonchev–Trinajstić information content (AvgIpc) is 2.85. The molecule has 0 N–H and O–H groups in total. The van der Waals surface area contributed by atoms with Crippen LogP contribution in [0.4, 0.5) is 0 Å². The first kappa shape index (κ1) is 28.7. The molecule has 3 rings (SSSR count). The molecule has 36 heavy (non-hydrogen) atoms. The summed E-state index contributed by atoms with van der Waals surface area (Å²) >= 11 is 0. The lowest BCUT2D eigenvalue weighted by molar-refractivity contribution is -0.154. The molecule has 200 valence electrons. The predicted octanol–water partition coefficient (Wildman–Crippen LogP) is 7.81. The first-order chi connectivity index (χ1) is 17.4. The standard InChI is InChI=1S/C32H48O4/c1-6-23(3)12-9-8-10-15-31-25(5)17-16-24(4)18-27-13-11-14-28(34-27)21-29-19-26(7-2)20-30(35-29)22-32(33)36-31/h7-10,12,15-17,24-25,27-31H,6,11,13-14,18-22H2,1-5H3/b9-8-,15-10+,17-16+,23-12+,26-7-/t24-,25-,27+,28?,29+,30?,31?/m0/s1. The molecule has 0 aromatic heterocycles. The van der Waals surface area contributed by atoms with Crippen molar-refractivity contribution < 1.29 is 19.0 Å². The van der Waals surface area contributed by atoms with Gasteiger partial charge in [0.05, 0.1) is 30.8 Å². The molecule has 4 bridgehead atoms. The highest BCUT2D eigenvalue weighted by atomic mass is 16.5. The fourth-order valence-electron chi connectivity index (χ4n) is 5.40.